The third-order valence-electron chi connectivity index (χ3n) is 4.50. The summed E-state index contributed by atoms with van der Waals surface area (Å²) in [5, 5.41) is 15.9. The van der Waals surface area contributed by atoms with E-state index in [0.29, 0.717) is 19.4 Å². The molecule has 2 aliphatic rings. The monoisotopic (exact) mass is 268 g/mol. The van der Waals surface area contributed by atoms with Crippen LogP contribution < -0.4 is 10.6 Å². The molecule has 1 aliphatic heterocycles. The van der Waals surface area contributed by atoms with Crippen molar-refractivity contribution >= 4 is 11.8 Å². The van der Waals surface area contributed by atoms with Gasteiger partial charge in [0.05, 0.1) is 11.5 Å². The van der Waals surface area contributed by atoms with E-state index in [0.717, 1.165) is 32.1 Å². The lowest BCUT2D eigenvalue weighted by Crippen LogP contribution is -2.51. The Hall–Kier alpha value is -1.10. The molecule has 2 rings (SSSR count). The molecule has 2 unspecified atom stereocenters. The molecule has 0 radical (unpaired) electrons. The fraction of sp³-hybridized carbons (Fsp3) is 0.857. The lowest BCUT2D eigenvalue weighted by molar-refractivity contribution is -0.140. The van der Waals surface area contributed by atoms with E-state index in [1.165, 1.54) is 0 Å². The van der Waals surface area contributed by atoms with E-state index in [2.05, 4.69) is 10.6 Å². The van der Waals surface area contributed by atoms with Crippen LogP contribution in [0, 0.1) is 5.41 Å². The summed E-state index contributed by atoms with van der Waals surface area (Å²) < 4.78 is 0. The lowest BCUT2D eigenvalue weighted by Gasteiger charge is -2.37. The predicted molar refractivity (Wildman–Crippen MR) is 71.4 cm³/mol. The number of carbonyl (C=O) groups excluding carboxylic acids is 2. The zero-order valence-electron chi connectivity index (χ0n) is 11.6. The molecule has 1 saturated carbocycles. The first-order chi connectivity index (χ1) is 9.02. The second-order valence-electron chi connectivity index (χ2n) is 6.05. The highest BCUT2D eigenvalue weighted by Gasteiger charge is 2.42. The summed E-state index contributed by atoms with van der Waals surface area (Å²) in [6.45, 7) is 2.52. The van der Waals surface area contributed by atoms with Gasteiger partial charge in [0.1, 0.15) is 0 Å². The van der Waals surface area contributed by atoms with Crippen LogP contribution in [0.25, 0.3) is 0 Å². The quantitative estimate of drug-likeness (QED) is 0.690. The van der Waals surface area contributed by atoms with Crippen LogP contribution in [0.3, 0.4) is 0 Å². The van der Waals surface area contributed by atoms with Gasteiger partial charge in [-0.15, -0.1) is 0 Å². The number of carbonyl (C=O) groups is 2. The fourth-order valence-corrected chi connectivity index (χ4v) is 3.03. The first-order valence-corrected chi connectivity index (χ1v) is 7.28. The van der Waals surface area contributed by atoms with Crippen LogP contribution in [0.1, 0.15) is 51.9 Å². The normalized spacial score (nSPS) is 36.2. The first kappa shape index (κ1) is 14.3. The minimum Gasteiger partial charge on any atom is -0.392 e. The Balaban J connectivity index is 1.97. The Morgan fingerprint density at radius 2 is 2.16 bits per heavy atom. The molecular formula is C14H24N2O3. The number of hydrogen-bond acceptors (Lipinski definition) is 3. The van der Waals surface area contributed by atoms with Crippen molar-refractivity contribution in [2.24, 2.45) is 5.41 Å². The molecule has 1 saturated heterocycles. The van der Waals surface area contributed by atoms with Gasteiger partial charge >= 0.3 is 0 Å². The zero-order chi connectivity index (χ0) is 13.9. The summed E-state index contributed by atoms with van der Waals surface area (Å²) in [5.74, 6) is -0.100. The van der Waals surface area contributed by atoms with E-state index in [4.69, 9.17) is 0 Å². The van der Waals surface area contributed by atoms with E-state index in [-0.39, 0.29) is 17.9 Å². The molecule has 1 aliphatic carbocycles. The summed E-state index contributed by atoms with van der Waals surface area (Å²) in [5.41, 5.74) is -0.693. The largest absolute Gasteiger partial charge is 0.392 e. The van der Waals surface area contributed by atoms with E-state index < -0.39 is 11.5 Å². The summed E-state index contributed by atoms with van der Waals surface area (Å²) in [4.78, 5) is 23.9. The molecule has 0 aromatic heterocycles. The van der Waals surface area contributed by atoms with Crippen LogP contribution in [0.5, 0.6) is 0 Å². The van der Waals surface area contributed by atoms with E-state index in [1.807, 2.05) is 6.92 Å². The van der Waals surface area contributed by atoms with Crippen molar-refractivity contribution in [1.29, 1.82) is 0 Å². The van der Waals surface area contributed by atoms with E-state index in [9.17, 15) is 14.7 Å². The maximum absolute atomic E-state index is 12.4. The lowest BCUT2D eigenvalue weighted by atomic mass is 9.72. The number of nitrogens with one attached hydrogen (secondary N) is 2. The van der Waals surface area contributed by atoms with Gasteiger partial charge in [-0.3, -0.25) is 9.59 Å². The van der Waals surface area contributed by atoms with Gasteiger partial charge in [0.15, 0.2) is 0 Å². The summed E-state index contributed by atoms with van der Waals surface area (Å²) in [7, 11) is 0. The van der Waals surface area contributed by atoms with Crippen molar-refractivity contribution in [3.63, 3.8) is 0 Å². The highest BCUT2D eigenvalue weighted by atomic mass is 16.3. The number of rotatable bonds is 2. The second-order valence-corrected chi connectivity index (χ2v) is 6.05. The summed E-state index contributed by atoms with van der Waals surface area (Å²) in [6, 6.07) is -0.0963. The third kappa shape index (κ3) is 3.26. The van der Waals surface area contributed by atoms with Gasteiger partial charge < -0.3 is 15.7 Å². The number of aliphatic hydroxyl groups is 1. The van der Waals surface area contributed by atoms with Gasteiger partial charge in [-0.2, -0.15) is 0 Å². The van der Waals surface area contributed by atoms with Crippen LogP contribution in [-0.2, 0) is 9.59 Å². The molecular weight excluding hydrogens is 244 g/mol. The highest BCUT2D eigenvalue weighted by Crippen LogP contribution is 2.36. The predicted octanol–water partition coefficient (Wildman–Crippen LogP) is 0.712. The molecule has 0 spiro atoms. The minimum absolute atomic E-state index is 0.00264. The Kier molecular flexibility index (Phi) is 4.45. The van der Waals surface area contributed by atoms with Gasteiger partial charge in [0, 0.05) is 19.0 Å². The zero-order valence-corrected chi connectivity index (χ0v) is 11.6. The maximum Gasteiger partial charge on any atom is 0.228 e. The molecule has 3 atom stereocenters. The van der Waals surface area contributed by atoms with Crippen molar-refractivity contribution < 1.29 is 14.7 Å². The van der Waals surface area contributed by atoms with Crippen LogP contribution in [0.2, 0.25) is 0 Å². The Morgan fingerprint density at radius 3 is 2.89 bits per heavy atom. The van der Waals surface area contributed by atoms with E-state index in [1.54, 1.807) is 0 Å². The van der Waals surface area contributed by atoms with E-state index >= 15 is 0 Å². The van der Waals surface area contributed by atoms with Crippen molar-refractivity contribution in [2.75, 3.05) is 6.54 Å². The fourth-order valence-electron chi connectivity index (χ4n) is 3.03. The first-order valence-electron chi connectivity index (χ1n) is 7.28. The third-order valence-corrected chi connectivity index (χ3v) is 4.50. The van der Waals surface area contributed by atoms with Crippen molar-refractivity contribution in [2.45, 2.75) is 64.0 Å². The van der Waals surface area contributed by atoms with Crippen LogP contribution in [-0.4, -0.2) is 35.6 Å². The summed E-state index contributed by atoms with van der Waals surface area (Å²) in [6.07, 6.45) is 4.85. The highest BCUT2D eigenvalue weighted by molar-refractivity contribution is 5.84. The Morgan fingerprint density at radius 1 is 1.37 bits per heavy atom. The topological polar surface area (TPSA) is 78.4 Å². The molecule has 0 aromatic rings. The molecule has 5 nitrogen and oxygen atoms in total. The molecule has 1 heterocycles. The molecule has 0 aromatic carbocycles. The van der Waals surface area contributed by atoms with Crippen molar-refractivity contribution in [3.8, 4) is 0 Å². The average molecular weight is 268 g/mol. The SMILES string of the molecule is CC1(C(=O)NC2CCCNC(=O)C2)CCCC[C@@H]1O. The maximum atomic E-state index is 12.4. The minimum atomic E-state index is -0.693. The standard InChI is InChI=1S/C14H24N2O3/c1-14(7-3-2-6-11(14)17)13(19)16-10-5-4-8-15-12(18)9-10/h10-11,17H,2-9H2,1H3,(H,15,18)(H,16,19)/t10?,11-,14?/m0/s1. The Labute approximate surface area is 114 Å². The van der Waals surface area contributed by atoms with Gasteiger partial charge in [-0.05, 0) is 32.6 Å². The molecule has 5 heteroatoms. The van der Waals surface area contributed by atoms with Gasteiger partial charge in [0.2, 0.25) is 11.8 Å². The van der Waals surface area contributed by atoms with Crippen LogP contribution in [0.4, 0.5) is 0 Å². The summed E-state index contributed by atoms with van der Waals surface area (Å²) >= 11 is 0. The molecule has 2 amide bonds. The smallest absolute Gasteiger partial charge is 0.228 e. The molecule has 2 fully saturated rings. The van der Waals surface area contributed by atoms with Crippen LogP contribution in [0.15, 0.2) is 0 Å². The number of amides is 2. The number of hydrogen-bond donors (Lipinski definition) is 3. The molecule has 0 bridgehead atoms. The van der Waals surface area contributed by atoms with Crippen LogP contribution >= 0.6 is 0 Å². The Bertz CT molecular complexity index is 359. The average Bonchev–Trinajstić information content (AvgIpc) is 2.57. The number of aliphatic hydroxyl groups excluding tert-OH is 1. The van der Waals surface area contributed by atoms with Gasteiger partial charge in [-0.25, -0.2) is 0 Å². The molecule has 19 heavy (non-hydrogen) atoms. The van der Waals surface area contributed by atoms with Crippen molar-refractivity contribution in [3.05, 3.63) is 0 Å². The van der Waals surface area contributed by atoms with Crippen molar-refractivity contribution in [1.82, 2.24) is 10.6 Å². The second kappa shape index (κ2) is 5.90. The molecule has 108 valence electrons. The molecule has 3 N–H and O–H groups in total. The van der Waals surface area contributed by atoms with Gasteiger partial charge in [-0.1, -0.05) is 12.8 Å². The van der Waals surface area contributed by atoms with Gasteiger partial charge in [0.25, 0.3) is 0 Å².